The van der Waals surface area contributed by atoms with Gasteiger partial charge in [0.05, 0.1) is 0 Å². The number of hydrogen-bond donors (Lipinski definition) is 2. The third kappa shape index (κ3) is 4.63. The molecule has 4 heteroatoms. The van der Waals surface area contributed by atoms with E-state index in [2.05, 4.69) is 28.5 Å². The van der Waals surface area contributed by atoms with Crippen LogP contribution in [0.2, 0.25) is 0 Å². The fourth-order valence-electron chi connectivity index (χ4n) is 2.85. The van der Waals surface area contributed by atoms with Gasteiger partial charge in [-0.3, -0.25) is 4.79 Å². The molecule has 2 N–H and O–H groups in total. The molecule has 0 fully saturated rings. The smallest absolute Gasteiger partial charge is 0.219 e. The van der Waals surface area contributed by atoms with Crippen molar-refractivity contribution in [3.8, 4) is 5.75 Å². The third-order valence-electron chi connectivity index (χ3n) is 4.18. The maximum Gasteiger partial charge on any atom is 0.219 e. The van der Waals surface area contributed by atoms with Crippen molar-refractivity contribution in [2.75, 3.05) is 6.54 Å². The lowest BCUT2D eigenvalue weighted by molar-refractivity contribution is -0.121. The zero-order valence-corrected chi connectivity index (χ0v) is 14.5. The number of fused-ring (bicyclic) bond motifs is 1. The minimum atomic E-state index is 0.120. The van der Waals surface area contributed by atoms with Crippen molar-refractivity contribution in [3.05, 3.63) is 65.9 Å². The highest BCUT2D eigenvalue weighted by molar-refractivity contribution is 5.84. The molecule has 130 valence electrons. The number of rotatable bonds is 8. The number of carbonyl (C=O) groups excluding carboxylic acids is 1. The molecule has 0 aliphatic rings. The summed E-state index contributed by atoms with van der Waals surface area (Å²) in [6.07, 6.45) is 4.28. The first-order chi connectivity index (χ1) is 12.3. The summed E-state index contributed by atoms with van der Waals surface area (Å²) < 4.78 is 5.92. The SMILES string of the molecule is CCCC(=O)NCCc1c[nH]c2ccc(OCc3ccccc3)cc12. The summed E-state index contributed by atoms with van der Waals surface area (Å²) >= 11 is 0. The molecule has 2 aromatic carbocycles. The lowest BCUT2D eigenvalue weighted by Crippen LogP contribution is -2.25. The van der Waals surface area contributed by atoms with E-state index in [1.54, 1.807) is 0 Å². The van der Waals surface area contributed by atoms with Crippen LogP contribution in [0, 0.1) is 0 Å². The average molecular weight is 336 g/mol. The van der Waals surface area contributed by atoms with Gasteiger partial charge in [0.15, 0.2) is 0 Å². The van der Waals surface area contributed by atoms with Gasteiger partial charge in [0.2, 0.25) is 5.91 Å². The summed E-state index contributed by atoms with van der Waals surface area (Å²) in [5.74, 6) is 0.974. The Balaban J connectivity index is 1.64. The van der Waals surface area contributed by atoms with Crippen LogP contribution in [0.15, 0.2) is 54.7 Å². The van der Waals surface area contributed by atoms with E-state index < -0.39 is 0 Å². The van der Waals surface area contributed by atoms with E-state index in [1.165, 1.54) is 5.56 Å². The Morgan fingerprint density at radius 2 is 2.00 bits per heavy atom. The van der Waals surface area contributed by atoms with Gasteiger partial charge in [-0.05, 0) is 42.2 Å². The van der Waals surface area contributed by atoms with Gasteiger partial charge in [0.25, 0.3) is 0 Å². The molecule has 0 saturated carbocycles. The number of aromatic amines is 1. The van der Waals surface area contributed by atoms with Crippen molar-refractivity contribution < 1.29 is 9.53 Å². The zero-order valence-electron chi connectivity index (χ0n) is 14.5. The Hall–Kier alpha value is -2.75. The number of hydrogen-bond acceptors (Lipinski definition) is 2. The Morgan fingerprint density at radius 3 is 2.80 bits per heavy atom. The molecule has 3 aromatic rings. The molecule has 0 saturated heterocycles. The van der Waals surface area contributed by atoms with Crippen molar-refractivity contribution in [3.63, 3.8) is 0 Å². The Kier molecular flexibility index (Phi) is 5.73. The number of H-pyrrole nitrogens is 1. The first-order valence-corrected chi connectivity index (χ1v) is 8.79. The molecular weight excluding hydrogens is 312 g/mol. The normalized spacial score (nSPS) is 10.8. The summed E-state index contributed by atoms with van der Waals surface area (Å²) in [6, 6.07) is 16.2. The lowest BCUT2D eigenvalue weighted by Gasteiger charge is -2.07. The highest BCUT2D eigenvalue weighted by Crippen LogP contribution is 2.24. The molecule has 1 amide bonds. The van der Waals surface area contributed by atoms with Gasteiger partial charge in [0.1, 0.15) is 12.4 Å². The molecule has 3 rings (SSSR count). The quantitative estimate of drug-likeness (QED) is 0.647. The van der Waals surface area contributed by atoms with Gasteiger partial charge in [-0.15, -0.1) is 0 Å². The van der Waals surface area contributed by atoms with E-state index in [1.807, 2.05) is 43.5 Å². The summed E-state index contributed by atoms with van der Waals surface area (Å²) in [5, 5.41) is 4.11. The largest absolute Gasteiger partial charge is 0.489 e. The number of nitrogens with one attached hydrogen (secondary N) is 2. The minimum absolute atomic E-state index is 0.120. The Bertz CT molecular complexity index is 824. The van der Waals surface area contributed by atoms with Crippen LogP contribution in [0.25, 0.3) is 10.9 Å². The van der Waals surface area contributed by atoms with Gasteiger partial charge >= 0.3 is 0 Å². The molecule has 0 spiro atoms. The van der Waals surface area contributed by atoms with Crippen molar-refractivity contribution in [1.82, 2.24) is 10.3 Å². The third-order valence-corrected chi connectivity index (χ3v) is 4.18. The van der Waals surface area contributed by atoms with E-state index >= 15 is 0 Å². The second-order valence-corrected chi connectivity index (χ2v) is 6.15. The van der Waals surface area contributed by atoms with Crippen molar-refractivity contribution in [2.24, 2.45) is 0 Å². The summed E-state index contributed by atoms with van der Waals surface area (Å²) in [5.41, 5.74) is 3.43. The van der Waals surface area contributed by atoms with E-state index in [0.29, 0.717) is 19.6 Å². The van der Waals surface area contributed by atoms with Crippen LogP contribution in [0.4, 0.5) is 0 Å². The van der Waals surface area contributed by atoms with Crippen molar-refractivity contribution in [2.45, 2.75) is 32.8 Å². The monoisotopic (exact) mass is 336 g/mol. The van der Waals surface area contributed by atoms with Crippen molar-refractivity contribution >= 4 is 16.8 Å². The van der Waals surface area contributed by atoms with Crippen molar-refractivity contribution in [1.29, 1.82) is 0 Å². The summed E-state index contributed by atoms with van der Waals surface area (Å²) in [7, 11) is 0. The molecule has 0 atom stereocenters. The van der Waals surface area contributed by atoms with E-state index in [4.69, 9.17) is 4.74 Å². The molecule has 1 heterocycles. The molecule has 1 aromatic heterocycles. The van der Waals surface area contributed by atoms with Crippen LogP contribution in [-0.2, 0) is 17.8 Å². The van der Waals surface area contributed by atoms with Gasteiger partial charge < -0.3 is 15.0 Å². The van der Waals surface area contributed by atoms with E-state index in [0.717, 1.165) is 35.1 Å². The van der Waals surface area contributed by atoms with Crippen LogP contribution in [0.3, 0.4) is 0 Å². The van der Waals surface area contributed by atoms with Crippen LogP contribution in [0.5, 0.6) is 5.75 Å². The second kappa shape index (κ2) is 8.38. The molecular formula is C21H24N2O2. The topological polar surface area (TPSA) is 54.1 Å². The Labute approximate surface area is 148 Å². The standard InChI is InChI=1S/C21H24N2O2/c1-2-6-21(24)22-12-11-17-14-23-20-10-9-18(13-19(17)20)25-15-16-7-4-3-5-8-16/h3-5,7-10,13-14,23H,2,6,11-12,15H2,1H3,(H,22,24). The zero-order chi connectivity index (χ0) is 17.5. The maximum absolute atomic E-state index is 11.6. The molecule has 0 unspecified atom stereocenters. The van der Waals surface area contributed by atoms with E-state index in [-0.39, 0.29) is 5.91 Å². The minimum Gasteiger partial charge on any atom is -0.489 e. The van der Waals surface area contributed by atoms with Crippen LogP contribution < -0.4 is 10.1 Å². The molecule has 25 heavy (non-hydrogen) atoms. The first-order valence-electron chi connectivity index (χ1n) is 8.79. The summed E-state index contributed by atoms with van der Waals surface area (Å²) in [6.45, 7) is 3.22. The van der Waals surface area contributed by atoms with Gasteiger partial charge in [-0.2, -0.15) is 0 Å². The highest BCUT2D eigenvalue weighted by Gasteiger charge is 2.07. The number of amides is 1. The maximum atomic E-state index is 11.6. The van der Waals surface area contributed by atoms with E-state index in [9.17, 15) is 4.79 Å². The number of aromatic nitrogens is 1. The fourth-order valence-corrected chi connectivity index (χ4v) is 2.85. The average Bonchev–Trinajstić information content (AvgIpc) is 3.03. The number of benzene rings is 2. The molecule has 4 nitrogen and oxygen atoms in total. The fraction of sp³-hybridized carbons (Fsp3) is 0.286. The Morgan fingerprint density at radius 1 is 1.16 bits per heavy atom. The number of ether oxygens (including phenoxy) is 1. The van der Waals surface area contributed by atoms with Gasteiger partial charge in [-0.1, -0.05) is 37.3 Å². The van der Waals surface area contributed by atoms with Gasteiger partial charge in [-0.25, -0.2) is 0 Å². The predicted molar refractivity (Wildman–Crippen MR) is 101 cm³/mol. The summed E-state index contributed by atoms with van der Waals surface area (Å²) in [4.78, 5) is 14.9. The van der Waals surface area contributed by atoms with Gasteiger partial charge in [0, 0.05) is 30.1 Å². The lowest BCUT2D eigenvalue weighted by atomic mass is 10.1. The predicted octanol–water partition coefficient (Wildman–Crippen LogP) is 4.21. The second-order valence-electron chi connectivity index (χ2n) is 6.15. The highest BCUT2D eigenvalue weighted by atomic mass is 16.5. The molecule has 0 aliphatic carbocycles. The number of carbonyl (C=O) groups is 1. The molecule has 0 aliphatic heterocycles. The van der Waals surface area contributed by atoms with Crippen LogP contribution in [0.1, 0.15) is 30.9 Å². The van der Waals surface area contributed by atoms with Crippen LogP contribution >= 0.6 is 0 Å². The molecule has 0 bridgehead atoms. The first kappa shape index (κ1) is 17.1. The van der Waals surface area contributed by atoms with Crippen LogP contribution in [-0.4, -0.2) is 17.4 Å². The molecule has 0 radical (unpaired) electrons.